The summed E-state index contributed by atoms with van der Waals surface area (Å²) in [5.74, 6) is 0. The summed E-state index contributed by atoms with van der Waals surface area (Å²) in [7, 11) is 0. The number of thiol groups is 1. The molecule has 0 atom stereocenters. The van der Waals surface area contributed by atoms with Gasteiger partial charge in [0.2, 0.25) is 0 Å². The average Bonchev–Trinajstić information content (AvgIpc) is 2.20. The van der Waals surface area contributed by atoms with Crippen molar-refractivity contribution in [3.8, 4) is 11.1 Å². The minimum Gasteiger partial charge on any atom is -1.00 e. The predicted octanol–water partition coefficient (Wildman–Crippen LogP) is 1.07. The molecule has 2 heteroatoms. The molecule has 0 bridgehead atoms. The SMILES string of the molecule is Cc1ccc(-c2ccccc2S)cc1.[H-].[Na+]. The first-order valence-corrected chi connectivity index (χ1v) is 5.07. The molecule has 0 aliphatic rings. The molecule has 0 spiro atoms. The Labute approximate surface area is 120 Å². The van der Waals surface area contributed by atoms with E-state index in [2.05, 4.69) is 49.9 Å². The summed E-state index contributed by atoms with van der Waals surface area (Å²) >= 11 is 4.44. The van der Waals surface area contributed by atoms with E-state index in [4.69, 9.17) is 0 Å². The number of hydrogen-bond donors (Lipinski definition) is 1. The largest absolute Gasteiger partial charge is 1.00 e. The van der Waals surface area contributed by atoms with Crippen LogP contribution in [-0.2, 0) is 0 Å². The monoisotopic (exact) mass is 224 g/mol. The third-order valence-corrected chi connectivity index (χ3v) is 2.66. The van der Waals surface area contributed by atoms with Crippen molar-refractivity contribution in [1.29, 1.82) is 0 Å². The third kappa shape index (κ3) is 3.12. The predicted molar refractivity (Wildman–Crippen MR) is 65.0 cm³/mol. The summed E-state index contributed by atoms with van der Waals surface area (Å²) in [6.45, 7) is 2.09. The summed E-state index contributed by atoms with van der Waals surface area (Å²) < 4.78 is 0. The smallest absolute Gasteiger partial charge is 1.00 e. The molecule has 0 N–H and O–H groups in total. The molecule has 15 heavy (non-hydrogen) atoms. The summed E-state index contributed by atoms with van der Waals surface area (Å²) in [4.78, 5) is 1.02. The van der Waals surface area contributed by atoms with Crippen molar-refractivity contribution in [2.45, 2.75) is 11.8 Å². The second kappa shape index (κ2) is 5.76. The van der Waals surface area contributed by atoms with Crippen molar-refractivity contribution in [2.75, 3.05) is 0 Å². The van der Waals surface area contributed by atoms with Gasteiger partial charge in [0.1, 0.15) is 0 Å². The van der Waals surface area contributed by atoms with Gasteiger partial charge < -0.3 is 1.43 Å². The van der Waals surface area contributed by atoms with Gasteiger partial charge in [-0.3, -0.25) is 0 Å². The molecule has 0 aliphatic heterocycles. The Bertz CT molecular complexity index is 440. The van der Waals surface area contributed by atoms with Gasteiger partial charge in [-0.2, -0.15) is 0 Å². The molecule has 0 saturated carbocycles. The average molecular weight is 224 g/mol. The molecule has 2 rings (SSSR count). The van der Waals surface area contributed by atoms with E-state index in [0.29, 0.717) is 0 Å². The Balaban J connectivity index is 0.00000112. The van der Waals surface area contributed by atoms with Gasteiger partial charge in [0.15, 0.2) is 0 Å². The van der Waals surface area contributed by atoms with Crippen molar-refractivity contribution >= 4 is 12.6 Å². The molecule has 0 radical (unpaired) electrons. The zero-order valence-electron chi connectivity index (χ0n) is 10.1. The quantitative estimate of drug-likeness (QED) is 0.543. The fourth-order valence-corrected chi connectivity index (χ4v) is 1.74. The van der Waals surface area contributed by atoms with E-state index in [1.807, 2.05) is 18.2 Å². The summed E-state index contributed by atoms with van der Waals surface area (Å²) in [5.41, 5.74) is 3.70. The molecule has 0 aliphatic carbocycles. The Morgan fingerprint density at radius 1 is 0.933 bits per heavy atom. The fraction of sp³-hybridized carbons (Fsp3) is 0.0769. The van der Waals surface area contributed by atoms with E-state index >= 15 is 0 Å². The van der Waals surface area contributed by atoms with Gasteiger partial charge in [-0.15, -0.1) is 12.6 Å². The zero-order valence-corrected chi connectivity index (χ0v) is 12.0. The normalized spacial score (nSPS) is 9.47. The molecule has 0 saturated heterocycles. The molecular weight excluding hydrogens is 211 g/mol. The molecule has 0 unspecified atom stereocenters. The topological polar surface area (TPSA) is 0 Å². The molecule has 72 valence electrons. The first-order chi connectivity index (χ1) is 6.77. The molecule has 0 fully saturated rings. The molecule has 0 heterocycles. The van der Waals surface area contributed by atoms with Gasteiger partial charge in [-0.1, -0.05) is 48.0 Å². The van der Waals surface area contributed by atoms with E-state index in [0.717, 1.165) is 4.90 Å². The molecule has 2 aromatic carbocycles. The molecule has 2 aromatic rings. The molecule has 0 nitrogen and oxygen atoms in total. The summed E-state index contributed by atoms with van der Waals surface area (Å²) in [6, 6.07) is 16.6. The first kappa shape index (κ1) is 12.9. The van der Waals surface area contributed by atoms with E-state index in [9.17, 15) is 0 Å². The number of benzene rings is 2. The first-order valence-electron chi connectivity index (χ1n) is 4.62. The van der Waals surface area contributed by atoms with Crippen LogP contribution in [0.4, 0.5) is 0 Å². The van der Waals surface area contributed by atoms with Crippen molar-refractivity contribution < 1.29 is 31.0 Å². The second-order valence-corrected chi connectivity index (χ2v) is 3.86. The van der Waals surface area contributed by atoms with Gasteiger partial charge in [-0.05, 0) is 24.1 Å². The molecular formula is C13H13NaS. The standard InChI is InChI=1S/C13H12S.Na.H/c1-10-6-8-11(9-7-10)12-4-2-3-5-13(12)14;;/h2-9,14H,1H3;;/q;+1;-1. The van der Waals surface area contributed by atoms with Crippen LogP contribution >= 0.6 is 12.6 Å². The van der Waals surface area contributed by atoms with Crippen LogP contribution in [-0.4, -0.2) is 0 Å². The van der Waals surface area contributed by atoms with Crippen LogP contribution in [0.2, 0.25) is 0 Å². The Kier molecular flexibility index (Phi) is 4.94. The molecule has 0 amide bonds. The van der Waals surface area contributed by atoms with Gasteiger partial charge in [0, 0.05) is 4.90 Å². The maximum atomic E-state index is 4.44. The molecule has 0 aromatic heterocycles. The Morgan fingerprint density at radius 2 is 1.53 bits per heavy atom. The minimum absolute atomic E-state index is 0. The maximum absolute atomic E-state index is 4.44. The van der Waals surface area contributed by atoms with Crippen molar-refractivity contribution in [3.05, 3.63) is 54.1 Å². The van der Waals surface area contributed by atoms with Crippen molar-refractivity contribution in [3.63, 3.8) is 0 Å². The number of aryl methyl sites for hydroxylation is 1. The third-order valence-electron chi connectivity index (χ3n) is 2.27. The van der Waals surface area contributed by atoms with Crippen LogP contribution < -0.4 is 29.6 Å². The van der Waals surface area contributed by atoms with Gasteiger partial charge >= 0.3 is 29.6 Å². The van der Waals surface area contributed by atoms with Crippen LogP contribution in [0.1, 0.15) is 6.99 Å². The van der Waals surface area contributed by atoms with Crippen LogP contribution in [0.25, 0.3) is 11.1 Å². The Hall–Kier alpha value is -0.210. The van der Waals surface area contributed by atoms with Crippen LogP contribution in [0.3, 0.4) is 0 Å². The summed E-state index contributed by atoms with van der Waals surface area (Å²) in [6.07, 6.45) is 0. The van der Waals surface area contributed by atoms with E-state index in [-0.39, 0.29) is 31.0 Å². The van der Waals surface area contributed by atoms with Crippen LogP contribution in [0.5, 0.6) is 0 Å². The van der Waals surface area contributed by atoms with Crippen LogP contribution in [0, 0.1) is 6.92 Å². The van der Waals surface area contributed by atoms with E-state index < -0.39 is 0 Å². The van der Waals surface area contributed by atoms with Crippen molar-refractivity contribution in [2.24, 2.45) is 0 Å². The number of hydrogen-bond acceptors (Lipinski definition) is 1. The summed E-state index contributed by atoms with van der Waals surface area (Å²) in [5, 5.41) is 0. The van der Waals surface area contributed by atoms with Crippen LogP contribution in [0.15, 0.2) is 53.4 Å². The van der Waals surface area contributed by atoms with Gasteiger partial charge in [0.25, 0.3) is 0 Å². The minimum atomic E-state index is 0. The van der Waals surface area contributed by atoms with Gasteiger partial charge in [-0.25, -0.2) is 0 Å². The maximum Gasteiger partial charge on any atom is 1.00 e. The van der Waals surface area contributed by atoms with E-state index in [1.54, 1.807) is 0 Å². The fourth-order valence-electron chi connectivity index (χ4n) is 1.45. The van der Waals surface area contributed by atoms with Crippen molar-refractivity contribution in [1.82, 2.24) is 0 Å². The number of rotatable bonds is 1. The van der Waals surface area contributed by atoms with Gasteiger partial charge in [0.05, 0.1) is 0 Å². The zero-order chi connectivity index (χ0) is 9.97. The second-order valence-electron chi connectivity index (χ2n) is 3.38. The Morgan fingerprint density at radius 3 is 2.13 bits per heavy atom. The van der Waals surface area contributed by atoms with E-state index in [1.165, 1.54) is 16.7 Å².